The molecule has 0 saturated heterocycles. The molecule has 0 aliphatic carbocycles. The van der Waals surface area contributed by atoms with Gasteiger partial charge in [0.2, 0.25) is 0 Å². The SMILES string of the molecule is Cc1cc(C)c2nc(Cl)c(C(=O)Nc3cc(C)on3)cc2c1. The first-order valence-electron chi connectivity index (χ1n) is 6.76. The van der Waals surface area contributed by atoms with Crippen molar-refractivity contribution >= 4 is 34.2 Å². The summed E-state index contributed by atoms with van der Waals surface area (Å²) in [6, 6.07) is 7.38. The van der Waals surface area contributed by atoms with E-state index in [1.807, 2.05) is 26.0 Å². The lowest BCUT2D eigenvalue weighted by Crippen LogP contribution is -2.13. The van der Waals surface area contributed by atoms with Gasteiger partial charge in [0.05, 0.1) is 11.1 Å². The van der Waals surface area contributed by atoms with Crippen LogP contribution in [0.15, 0.2) is 28.8 Å². The van der Waals surface area contributed by atoms with E-state index in [1.165, 1.54) is 0 Å². The number of hydrogen-bond acceptors (Lipinski definition) is 4. The number of halogens is 1. The summed E-state index contributed by atoms with van der Waals surface area (Å²) < 4.78 is 4.92. The Morgan fingerprint density at radius 3 is 2.64 bits per heavy atom. The lowest BCUT2D eigenvalue weighted by Gasteiger charge is -2.08. The summed E-state index contributed by atoms with van der Waals surface area (Å²) in [5.74, 6) is 0.593. The van der Waals surface area contributed by atoms with Crippen molar-refractivity contribution < 1.29 is 9.32 Å². The van der Waals surface area contributed by atoms with Crippen LogP contribution in [0.4, 0.5) is 5.82 Å². The molecule has 0 unspecified atom stereocenters. The van der Waals surface area contributed by atoms with Crippen LogP contribution in [-0.2, 0) is 0 Å². The van der Waals surface area contributed by atoms with Crippen molar-refractivity contribution in [3.63, 3.8) is 0 Å². The van der Waals surface area contributed by atoms with Crippen LogP contribution in [0.25, 0.3) is 10.9 Å². The number of benzene rings is 1. The zero-order valence-corrected chi connectivity index (χ0v) is 13.2. The van der Waals surface area contributed by atoms with Crippen molar-refractivity contribution in [1.29, 1.82) is 0 Å². The van der Waals surface area contributed by atoms with Crippen LogP contribution >= 0.6 is 11.6 Å². The Labute approximate surface area is 132 Å². The van der Waals surface area contributed by atoms with Crippen molar-refractivity contribution in [1.82, 2.24) is 10.1 Å². The molecule has 1 aromatic carbocycles. The van der Waals surface area contributed by atoms with Crippen LogP contribution in [0, 0.1) is 20.8 Å². The predicted octanol–water partition coefficient (Wildman–Crippen LogP) is 4.05. The summed E-state index contributed by atoms with van der Waals surface area (Å²) in [5, 5.41) is 7.42. The maximum atomic E-state index is 12.3. The number of anilines is 1. The van der Waals surface area contributed by atoms with Crippen LogP contribution in [0.2, 0.25) is 5.15 Å². The minimum Gasteiger partial charge on any atom is -0.360 e. The van der Waals surface area contributed by atoms with E-state index in [0.29, 0.717) is 17.1 Å². The maximum Gasteiger partial charge on any atom is 0.260 e. The molecule has 0 fully saturated rings. The van der Waals surface area contributed by atoms with E-state index >= 15 is 0 Å². The molecule has 0 radical (unpaired) electrons. The molecule has 112 valence electrons. The lowest BCUT2D eigenvalue weighted by atomic mass is 10.1. The monoisotopic (exact) mass is 315 g/mol. The zero-order valence-electron chi connectivity index (χ0n) is 12.4. The Balaban J connectivity index is 2.02. The molecule has 0 aliphatic rings. The molecule has 0 spiro atoms. The standard InChI is InChI=1S/C16H14ClN3O2/c1-8-4-9(2)14-11(5-8)7-12(15(17)19-14)16(21)18-13-6-10(3)22-20-13/h4-7H,1-3H3,(H,18,20,21). The molecule has 22 heavy (non-hydrogen) atoms. The molecular formula is C16H14ClN3O2. The minimum atomic E-state index is -0.369. The van der Waals surface area contributed by atoms with Crippen LogP contribution < -0.4 is 5.32 Å². The van der Waals surface area contributed by atoms with Crippen LogP contribution in [0.5, 0.6) is 0 Å². The van der Waals surface area contributed by atoms with E-state index in [-0.39, 0.29) is 11.1 Å². The fourth-order valence-corrected chi connectivity index (χ4v) is 2.62. The van der Waals surface area contributed by atoms with E-state index < -0.39 is 0 Å². The van der Waals surface area contributed by atoms with Crippen molar-refractivity contribution in [2.75, 3.05) is 5.32 Å². The molecule has 3 rings (SSSR count). The van der Waals surface area contributed by atoms with Gasteiger partial charge in [0.25, 0.3) is 5.91 Å². The summed E-state index contributed by atoms with van der Waals surface area (Å²) in [5.41, 5.74) is 3.23. The zero-order chi connectivity index (χ0) is 15.9. The third-order valence-corrected chi connectivity index (χ3v) is 3.61. The second-order valence-electron chi connectivity index (χ2n) is 5.26. The third kappa shape index (κ3) is 2.67. The molecule has 3 aromatic rings. The second kappa shape index (κ2) is 5.42. The topological polar surface area (TPSA) is 68.0 Å². The molecule has 0 aliphatic heterocycles. The Morgan fingerprint density at radius 2 is 1.95 bits per heavy atom. The van der Waals surface area contributed by atoms with Gasteiger partial charge in [0.15, 0.2) is 5.82 Å². The maximum absolute atomic E-state index is 12.3. The van der Waals surface area contributed by atoms with Crippen LogP contribution in [0.1, 0.15) is 27.2 Å². The number of hydrogen-bond donors (Lipinski definition) is 1. The molecule has 0 atom stereocenters. The number of nitrogens with one attached hydrogen (secondary N) is 1. The second-order valence-corrected chi connectivity index (χ2v) is 5.62. The molecule has 2 aromatic heterocycles. The van der Waals surface area contributed by atoms with Gasteiger partial charge in [-0.1, -0.05) is 28.4 Å². The van der Waals surface area contributed by atoms with Gasteiger partial charge >= 0.3 is 0 Å². The number of carbonyl (C=O) groups is 1. The van der Waals surface area contributed by atoms with Crippen molar-refractivity contribution in [3.05, 3.63) is 51.9 Å². The van der Waals surface area contributed by atoms with Gasteiger partial charge in [-0.05, 0) is 38.5 Å². The fraction of sp³-hybridized carbons (Fsp3) is 0.188. The van der Waals surface area contributed by atoms with E-state index in [2.05, 4.69) is 15.5 Å². The third-order valence-electron chi connectivity index (χ3n) is 3.32. The van der Waals surface area contributed by atoms with Gasteiger partial charge in [-0.25, -0.2) is 4.98 Å². The highest BCUT2D eigenvalue weighted by Gasteiger charge is 2.15. The first-order chi connectivity index (χ1) is 10.4. The minimum absolute atomic E-state index is 0.164. The summed E-state index contributed by atoms with van der Waals surface area (Å²) in [7, 11) is 0. The van der Waals surface area contributed by atoms with Gasteiger partial charge in [0, 0.05) is 11.5 Å². The van der Waals surface area contributed by atoms with E-state index in [4.69, 9.17) is 16.1 Å². The molecular weight excluding hydrogens is 302 g/mol. The molecule has 6 heteroatoms. The highest BCUT2D eigenvalue weighted by molar-refractivity contribution is 6.33. The Morgan fingerprint density at radius 1 is 1.18 bits per heavy atom. The molecule has 2 heterocycles. The number of amides is 1. The number of carbonyl (C=O) groups excluding carboxylic acids is 1. The van der Waals surface area contributed by atoms with Crippen LogP contribution in [0.3, 0.4) is 0 Å². The van der Waals surface area contributed by atoms with Crippen molar-refractivity contribution in [3.8, 4) is 0 Å². The molecule has 1 N–H and O–H groups in total. The van der Waals surface area contributed by atoms with Gasteiger partial charge < -0.3 is 9.84 Å². The van der Waals surface area contributed by atoms with Gasteiger partial charge in [0.1, 0.15) is 10.9 Å². The summed E-state index contributed by atoms with van der Waals surface area (Å²) in [4.78, 5) is 16.7. The smallest absolute Gasteiger partial charge is 0.260 e. The number of rotatable bonds is 2. The lowest BCUT2D eigenvalue weighted by molar-refractivity contribution is 0.102. The first-order valence-corrected chi connectivity index (χ1v) is 7.14. The number of aromatic nitrogens is 2. The number of aryl methyl sites for hydroxylation is 3. The number of fused-ring (bicyclic) bond motifs is 1. The Kier molecular flexibility index (Phi) is 3.58. The van der Waals surface area contributed by atoms with E-state index in [0.717, 1.165) is 22.0 Å². The quantitative estimate of drug-likeness (QED) is 0.724. The van der Waals surface area contributed by atoms with Gasteiger partial charge in [-0.3, -0.25) is 4.79 Å². The van der Waals surface area contributed by atoms with Gasteiger partial charge in [-0.15, -0.1) is 0 Å². The highest BCUT2D eigenvalue weighted by atomic mass is 35.5. The molecule has 1 amide bonds. The molecule has 5 nitrogen and oxygen atoms in total. The van der Waals surface area contributed by atoms with Crippen molar-refractivity contribution in [2.45, 2.75) is 20.8 Å². The van der Waals surface area contributed by atoms with Crippen molar-refractivity contribution in [2.24, 2.45) is 0 Å². The largest absolute Gasteiger partial charge is 0.360 e. The van der Waals surface area contributed by atoms with Gasteiger partial charge in [-0.2, -0.15) is 0 Å². The first kappa shape index (κ1) is 14.5. The predicted molar refractivity (Wildman–Crippen MR) is 85.4 cm³/mol. The Hall–Kier alpha value is -2.40. The normalized spacial score (nSPS) is 10.9. The summed E-state index contributed by atoms with van der Waals surface area (Å²) in [6.45, 7) is 5.72. The Bertz CT molecular complexity index is 886. The average Bonchev–Trinajstić information content (AvgIpc) is 2.84. The van der Waals surface area contributed by atoms with Crippen LogP contribution in [-0.4, -0.2) is 16.0 Å². The molecule has 0 saturated carbocycles. The van der Waals surface area contributed by atoms with E-state index in [1.54, 1.807) is 19.1 Å². The summed E-state index contributed by atoms with van der Waals surface area (Å²) in [6.07, 6.45) is 0. The van der Waals surface area contributed by atoms with E-state index in [9.17, 15) is 4.79 Å². The highest BCUT2D eigenvalue weighted by Crippen LogP contribution is 2.25. The average molecular weight is 316 g/mol. The molecule has 0 bridgehead atoms. The number of pyridine rings is 1. The fourth-order valence-electron chi connectivity index (χ4n) is 2.40. The number of nitrogens with zero attached hydrogens (tertiary/aromatic N) is 2. The summed E-state index contributed by atoms with van der Waals surface area (Å²) >= 11 is 6.17.